The summed E-state index contributed by atoms with van der Waals surface area (Å²) in [6.45, 7) is 0. The average Bonchev–Trinajstić information content (AvgIpc) is 3.20. The fraction of sp³-hybridized carbons (Fsp3) is 0.211. The number of halogens is 3. The first-order valence-corrected chi connectivity index (χ1v) is 9.63. The highest BCUT2D eigenvalue weighted by Crippen LogP contribution is 2.38. The van der Waals surface area contributed by atoms with Crippen molar-refractivity contribution in [2.75, 3.05) is 31.9 Å². The lowest BCUT2D eigenvalue weighted by Crippen LogP contribution is -2.18. The number of carbonyl (C=O) groups is 1. The Morgan fingerprint density at radius 2 is 1.84 bits per heavy atom. The predicted molar refractivity (Wildman–Crippen MR) is 111 cm³/mol. The maximum atomic E-state index is 13.5. The summed E-state index contributed by atoms with van der Waals surface area (Å²) in [5.74, 6) is 0.612. The topological polar surface area (TPSA) is 97.4 Å². The first-order valence-electron chi connectivity index (χ1n) is 8.75. The van der Waals surface area contributed by atoms with Gasteiger partial charge in [0.15, 0.2) is 5.82 Å². The number of benzene rings is 1. The van der Waals surface area contributed by atoms with Gasteiger partial charge in [-0.2, -0.15) is 13.2 Å². The number of hydrogen-bond acceptors (Lipinski definition) is 8. The molecule has 0 fully saturated rings. The van der Waals surface area contributed by atoms with Crippen LogP contribution in [0.4, 0.5) is 36.2 Å². The molecule has 0 aliphatic carbocycles. The minimum Gasteiger partial charge on any atom is -0.497 e. The van der Waals surface area contributed by atoms with Gasteiger partial charge in [-0.05, 0) is 12.1 Å². The summed E-state index contributed by atoms with van der Waals surface area (Å²) in [4.78, 5) is 19.9. The molecule has 8 nitrogen and oxygen atoms in total. The van der Waals surface area contributed by atoms with E-state index in [1.807, 2.05) is 0 Å². The molecule has 1 amide bonds. The van der Waals surface area contributed by atoms with Gasteiger partial charge in [-0.1, -0.05) is 0 Å². The summed E-state index contributed by atoms with van der Waals surface area (Å²) in [7, 11) is 4.37. The van der Waals surface area contributed by atoms with Crippen LogP contribution in [0.5, 0.6) is 11.5 Å². The molecule has 0 spiro atoms. The monoisotopic (exact) mass is 453 g/mol. The van der Waals surface area contributed by atoms with Crippen LogP contribution in [-0.2, 0) is 6.18 Å². The van der Waals surface area contributed by atoms with Gasteiger partial charge in [0.25, 0.3) is 5.91 Å². The third-order valence-electron chi connectivity index (χ3n) is 4.13. The second kappa shape index (κ2) is 9.08. The van der Waals surface area contributed by atoms with Crippen LogP contribution in [-0.4, -0.2) is 37.1 Å². The molecular weight excluding hydrogens is 435 g/mol. The molecule has 31 heavy (non-hydrogen) atoms. The highest BCUT2D eigenvalue weighted by Gasteiger charge is 2.35. The van der Waals surface area contributed by atoms with E-state index in [-0.39, 0.29) is 22.2 Å². The van der Waals surface area contributed by atoms with Crippen molar-refractivity contribution < 1.29 is 27.4 Å². The van der Waals surface area contributed by atoms with Crippen molar-refractivity contribution in [2.45, 2.75) is 6.18 Å². The van der Waals surface area contributed by atoms with E-state index in [0.717, 1.165) is 11.3 Å². The van der Waals surface area contributed by atoms with Crippen LogP contribution in [0.1, 0.15) is 15.2 Å². The molecule has 0 aliphatic heterocycles. The molecule has 0 aliphatic rings. The molecule has 0 unspecified atom stereocenters. The predicted octanol–water partition coefficient (Wildman–Crippen LogP) is 4.42. The zero-order valence-corrected chi connectivity index (χ0v) is 17.4. The van der Waals surface area contributed by atoms with E-state index in [2.05, 4.69) is 25.9 Å². The first-order chi connectivity index (χ1) is 14.8. The number of anilines is 4. The minimum absolute atomic E-state index is 0.00552. The van der Waals surface area contributed by atoms with Crippen LogP contribution in [0, 0.1) is 0 Å². The highest BCUT2D eigenvalue weighted by atomic mass is 32.1. The summed E-state index contributed by atoms with van der Waals surface area (Å²) >= 11 is 1.00. The molecule has 0 radical (unpaired) electrons. The van der Waals surface area contributed by atoms with Crippen molar-refractivity contribution in [3.05, 3.63) is 46.4 Å². The smallest absolute Gasteiger partial charge is 0.419 e. The van der Waals surface area contributed by atoms with E-state index in [0.29, 0.717) is 23.4 Å². The first kappa shape index (κ1) is 22.2. The number of aromatic nitrogens is 2. The molecule has 0 atom stereocenters. The molecule has 12 heteroatoms. The highest BCUT2D eigenvalue weighted by molar-refractivity contribution is 7.12. The fourth-order valence-electron chi connectivity index (χ4n) is 2.64. The number of pyridine rings is 1. The Labute approximate surface area is 179 Å². The quantitative estimate of drug-likeness (QED) is 0.487. The maximum Gasteiger partial charge on any atom is 0.419 e. The number of alkyl halides is 3. The molecule has 3 N–H and O–H groups in total. The molecule has 0 bridgehead atoms. The Kier molecular flexibility index (Phi) is 6.49. The molecule has 3 aromatic rings. The van der Waals surface area contributed by atoms with Gasteiger partial charge in [0.1, 0.15) is 22.2 Å². The molecule has 2 aromatic heterocycles. The second-order valence-electron chi connectivity index (χ2n) is 6.04. The van der Waals surface area contributed by atoms with Gasteiger partial charge in [0, 0.05) is 25.4 Å². The number of methoxy groups -OCH3 is 2. The van der Waals surface area contributed by atoms with Gasteiger partial charge < -0.3 is 25.4 Å². The molecule has 164 valence electrons. The minimum atomic E-state index is -4.68. The number of hydrogen-bond donors (Lipinski definition) is 3. The summed E-state index contributed by atoms with van der Waals surface area (Å²) in [6, 6.07) is 6.12. The SMILES string of the molecule is CNC(=O)c1scnc1Nc1cc(Nc2cc(OC)ccc2OC)ncc1C(F)(F)F. The second-order valence-corrected chi connectivity index (χ2v) is 6.89. The number of nitrogens with one attached hydrogen (secondary N) is 3. The van der Waals surface area contributed by atoms with Crippen molar-refractivity contribution in [3.8, 4) is 11.5 Å². The lowest BCUT2D eigenvalue weighted by atomic mass is 10.2. The molecular formula is C19H18F3N5O3S. The summed E-state index contributed by atoms with van der Waals surface area (Å²) in [5, 5.41) is 7.95. The number of ether oxygens (including phenoxy) is 2. The van der Waals surface area contributed by atoms with E-state index in [4.69, 9.17) is 9.47 Å². The van der Waals surface area contributed by atoms with E-state index >= 15 is 0 Å². The number of carbonyl (C=O) groups excluding carboxylic acids is 1. The van der Waals surface area contributed by atoms with E-state index in [1.165, 1.54) is 32.8 Å². The van der Waals surface area contributed by atoms with Crippen molar-refractivity contribution in [1.29, 1.82) is 0 Å². The molecule has 0 saturated carbocycles. The van der Waals surface area contributed by atoms with Crippen LogP contribution in [0.2, 0.25) is 0 Å². The Morgan fingerprint density at radius 1 is 1.06 bits per heavy atom. The number of thiazole rings is 1. The van der Waals surface area contributed by atoms with E-state index < -0.39 is 17.6 Å². The van der Waals surface area contributed by atoms with Crippen molar-refractivity contribution in [1.82, 2.24) is 15.3 Å². The van der Waals surface area contributed by atoms with E-state index in [1.54, 1.807) is 18.2 Å². The van der Waals surface area contributed by atoms with Crippen LogP contribution in [0.25, 0.3) is 0 Å². The van der Waals surface area contributed by atoms with Gasteiger partial charge in [-0.25, -0.2) is 9.97 Å². The summed E-state index contributed by atoms with van der Waals surface area (Å²) in [6.07, 6.45) is -3.98. The van der Waals surface area contributed by atoms with Gasteiger partial charge in [0.05, 0.1) is 36.7 Å². The molecule has 2 heterocycles. The Morgan fingerprint density at radius 3 is 2.48 bits per heavy atom. The van der Waals surface area contributed by atoms with E-state index in [9.17, 15) is 18.0 Å². The third-order valence-corrected chi connectivity index (χ3v) is 4.96. The van der Waals surface area contributed by atoms with Crippen LogP contribution >= 0.6 is 11.3 Å². The van der Waals surface area contributed by atoms with Crippen LogP contribution < -0.4 is 25.4 Å². The van der Waals surface area contributed by atoms with Crippen LogP contribution in [0.15, 0.2) is 36.0 Å². The zero-order valence-electron chi connectivity index (χ0n) is 16.6. The van der Waals surface area contributed by atoms with Gasteiger partial charge in [0.2, 0.25) is 0 Å². The van der Waals surface area contributed by atoms with Gasteiger partial charge in [-0.3, -0.25) is 4.79 Å². The number of amides is 1. The summed E-state index contributed by atoms with van der Waals surface area (Å²) in [5.41, 5.74) is 0.482. The van der Waals surface area contributed by atoms with Gasteiger partial charge >= 0.3 is 6.18 Å². The van der Waals surface area contributed by atoms with Gasteiger partial charge in [-0.15, -0.1) is 11.3 Å². The number of nitrogens with zero attached hydrogens (tertiary/aromatic N) is 2. The summed E-state index contributed by atoms with van der Waals surface area (Å²) < 4.78 is 51.1. The van der Waals surface area contributed by atoms with Crippen molar-refractivity contribution in [2.24, 2.45) is 0 Å². The lowest BCUT2D eigenvalue weighted by Gasteiger charge is -2.17. The molecule has 3 rings (SSSR count). The molecule has 0 saturated heterocycles. The standard InChI is InChI=1S/C19H18F3N5O3S/c1-23-18(28)16-17(25-9-31-16)27-12-7-15(24-8-11(12)19(20,21)22)26-13-6-10(29-2)4-5-14(13)30-3/h4-9H,1-3H3,(H,23,28)(H2,24,26,27). The lowest BCUT2D eigenvalue weighted by molar-refractivity contribution is -0.137. The Balaban J connectivity index is 2.01. The average molecular weight is 453 g/mol. The van der Waals surface area contributed by atoms with Crippen molar-refractivity contribution >= 4 is 40.3 Å². The normalized spacial score (nSPS) is 11.0. The Bertz CT molecular complexity index is 1090. The molecule has 1 aromatic carbocycles. The zero-order chi connectivity index (χ0) is 22.6. The fourth-order valence-corrected chi connectivity index (χ4v) is 3.33. The number of rotatable bonds is 7. The Hall–Kier alpha value is -3.54. The van der Waals surface area contributed by atoms with Crippen LogP contribution in [0.3, 0.4) is 0 Å². The third kappa shape index (κ3) is 4.97. The largest absolute Gasteiger partial charge is 0.497 e. The van der Waals surface area contributed by atoms with Crippen molar-refractivity contribution in [3.63, 3.8) is 0 Å². The maximum absolute atomic E-state index is 13.5.